The van der Waals surface area contributed by atoms with E-state index < -0.39 is 9.84 Å². The highest BCUT2D eigenvalue weighted by Crippen LogP contribution is 2.30. The van der Waals surface area contributed by atoms with E-state index in [2.05, 4.69) is 20.3 Å². The number of likely N-dealkylation sites (tertiary alicyclic amines) is 1. The van der Waals surface area contributed by atoms with Crippen LogP contribution in [0.3, 0.4) is 0 Å². The number of piperidine rings is 1. The summed E-state index contributed by atoms with van der Waals surface area (Å²) in [6.45, 7) is 6.74. The van der Waals surface area contributed by atoms with Crippen molar-refractivity contribution in [3.05, 3.63) is 36.4 Å². The van der Waals surface area contributed by atoms with Crippen LogP contribution in [0, 0.1) is 6.92 Å². The molecule has 11 heteroatoms. The second kappa shape index (κ2) is 8.97. The van der Waals surface area contributed by atoms with Crippen LogP contribution in [0.1, 0.15) is 38.3 Å². The molecule has 4 rings (SSSR count). The van der Waals surface area contributed by atoms with Crippen LogP contribution >= 0.6 is 0 Å². The van der Waals surface area contributed by atoms with Gasteiger partial charge in [-0.2, -0.15) is 0 Å². The number of carbonyl (C=O) groups is 1. The molecular weight excluding hydrogens is 444 g/mol. The van der Waals surface area contributed by atoms with Gasteiger partial charge in [0.2, 0.25) is 0 Å². The largest absolute Gasteiger partial charge is 0.447 e. The van der Waals surface area contributed by atoms with E-state index in [4.69, 9.17) is 4.74 Å². The van der Waals surface area contributed by atoms with Crippen LogP contribution in [0.5, 0.6) is 0 Å². The number of benzene rings is 1. The van der Waals surface area contributed by atoms with Gasteiger partial charge in [-0.25, -0.2) is 28.2 Å². The first-order chi connectivity index (χ1) is 15.6. The molecule has 0 spiro atoms. The number of sulfone groups is 1. The minimum absolute atomic E-state index is 0.137. The lowest BCUT2D eigenvalue weighted by molar-refractivity contribution is 0.0663. The van der Waals surface area contributed by atoms with E-state index in [1.165, 1.54) is 12.6 Å². The molecule has 1 fully saturated rings. The summed E-state index contributed by atoms with van der Waals surface area (Å²) < 4.78 is 30.9. The third-order valence-corrected chi connectivity index (χ3v) is 6.80. The maximum absolute atomic E-state index is 12.2. The quantitative estimate of drug-likeness (QED) is 0.600. The molecule has 0 bridgehead atoms. The Morgan fingerprint density at radius 1 is 1.18 bits per heavy atom. The van der Waals surface area contributed by atoms with Crippen LogP contribution in [0.15, 0.2) is 35.7 Å². The van der Waals surface area contributed by atoms with E-state index in [1.54, 1.807) is 29.4 Å². The molecule has 1 aliphatic rings. The fourth-order valence-corrected chi connectivity index (χ4v) is 4.65. The van der Waals surface area contributed by atoms with E-state index in [-0.39, 0.29) is 23.1 Å². The molecule has 2 aromatic heterocycles. The van der Waals surface area contributed by atoms with Gasteiger partial charge in [0.15, 0.2) is 26.8 Å². The molecule has 1 N–H and O–H groups in total. The number of carbonyl (C=O) groups excluding carboxylic acids is 1. The first-order valence-electron chi connectivity index (χ1n) is 10.8. The van der Waals surface area contributed by atoms with Gasteiger partial charge in [-0.3, -0.25) is 0 Å². The third-order valence-electron chi connectivity index (χ3n) is 5.69. The summed E-state index contributed by atoms with van der Waals surface area (Å²) in [6, 6.07) is 5.09. The van der Waals surface area contributed by atoms with Crippen molar-refractivity contribution in [2.75, 3.05) is 24.7 Å². The highest BCUT2D eigenvalue weighted by molar-refractivity contribution is 7.90. The highest BCUT2D eigenvalue weighted by atomic mass is 32.2. The van der Waals surface area contributed by atoms with Crippen molar-refractivity contribution in [1.29, 1.82) is 0 Å². The molecule has 0 atom stereocenters. The van der Waals surface area contributed by atoms with Crippen molar-refractivity contribution in [1.82, 2.24) is 24.4 Å². The monoisotopic (exact) mass is 472 g/mol. The number of imidazole rings is 1. The fraction of sp³-hybridized carbons (Fsp3) is 0.455. The lowest BCUT2D eigenvalue weighted by Crippen LogP contribution is -2.40. The number of aromatic nitrogens is 4. The molecule has 0 aliphatic carbocycles. The zero-order valence-electron chi connectivity index (χ0n) is 19.1. The van der Waals surface area contributed by atoms with E-state index in [9.17, 15) is 13.2 Å². The summed E-state index contributed by atoms with van der Waals surface area (Å²) in [4.78, 5) is 27.5. The van der Waals surface area contributed by atoms with Crippen molar-refractivity contribution in [2.24, 2.45) is 0 Å². The predicted molar refractivity (Wildman–Crippen MR) is 124 cm³/mol. The fourth-order valence-electron chi connectivity index (χ4n) is 3.95. The first-order valence-corrected chi connectivity index (χ1v) is 12.7. The Bertz CT molecular complexity index is 1280. The van der Waals surface area contributed by atoms with Crippen molar-refractivity contribution in [3.63, 3.8) is 0 Å². The molecule has 3 aromatic rings. The summed E-state index contributed by atoms with van der Waals surface area (Å²) in [5.74, 6) is 0.548. The molecule has 1 amide bonds. The number of amides is 1. The van der Waals surface area contributed by atoms with E-state index >= 15 is 0 Å². The summed E-state index contributed by atoms with van der Waals surface area (Å²) in [6.07, 6.45) is 5.57. The second-order valence-corrected chi connectivity index (χ2v) is 10.6. The van der Waals surface area contributed by atoms with Crippen molar-refractivity contribution in [3.8, 4) is 0 Å². The number of hydrogen-bond donors (Lipinski definition) is 1. The van der Waals surface area contributed by atoms with Crippen LogP contribution in [0.25, 0.3) is 11.2 Å². The molecule has 10 nitrogen and oxygen atoms in total. The number of anilines is 2. The molecule has 33 heavy (non-hydrogen) atoms. The number of fused-ring (bicyclic) bond motifs is 1. The van der Waals surface area contributed by atoms with E-state index in [0.717, 1.165) is 24.1 Å². The van der Waals surface area contributed by atoms with Gasteiger partial charge in [-0.05, 0) is 57.4 Å². The number of aryl methyl sites for hydroxylation is 1. The van der Waals surface area contributed by atoms with Gasteiger partial charge in [0.25, 0.3) is 0 Å². The lowest BCUT2D eigenvalue weighted by atomic mass is 10.1. The summed E-state index contributed by atoms with van der Waals surface area (Å²) in [5, 5.41) is 3.26. The number of rotatable bonds is 5. The number of nitrogens with zero attached hydrogens (tertiary/aromatic N) is 5. The maximum atomic E-state index is 12.2. The van der Waals surface area contributed by atoms with Gasteiger partial charge in [-0.15, -0.1) is 0 Å². The standard InChI is InChI=1S/C22H28N6O4S/c1-14(2)32-22(29)27-9-7-16(8-10-27)28-13-25-19-20(23-12-24-21(19)28)26-18-6-5-17(11-15(18)3)33(4,30)31/h5-6,11-14,16H,7-10H2,1-4H3,(H,23,24,26). The average molecular weight is 473 g/mol. The minimum atomic E-state index is -3.28. The number of hydrogen-bond acceptors (Lipinski definition) is 8. The van der Waals surface area contributed by atoms with E-state index in [0.29, 0.717) is 30.1 Å². The minimum Gasteiger partial charge on any atom is -0.447 e. The normalized spacial score (nSPS) is 15.2. The molecule has 0 radical (unpaired) electrons. The second-order valence-electron chi connectivity index (χ2n) is 8.57. The van der Waals surface area contributed by atoms with Crippen molar-refractivity contribution in [2.45, 2.75) is 50.7 Å². The van der Waals surface area contributed by atoms with Crippen molar-refractivity contribution >= 4 is 38.6 Å². The Kier molecular flexibility index (Phi) is 6.24. The van der Waals surface area contributed by atoms with Crippen LogP contribution in [-0.2, 0) is 14.6 Å². The van der Waals surface area contributed by atoms with Gasteiger partial charge in [0, 0.05) is 31.1 Å². The number of nitrogens with one attached hydrogen (secondary N) is 1. The summed E-state index contributed by atoms with van der Waals surface area (Å²) in [7, 11) is -3.28. The molecule has 1 aliphatic heterocycles. The Hall–Kier alpha value is -3.21. The smallest absolute Gasteiger partial charge is 0.410 e. The molecular formula is C22H28N6O4S. The molecule has 3 heterocycles. The van der Waals surface area contributed by atoms with Crippen LogP contribution in [-0.4, -0.2) is 64.4 Å². The summed E-state index contributed by atoms with van der Waals surface area (Å²) >= 11 is 0. The third kappa shape index (κ3) is 4.92. The van der Waals surface area contributed by atoms with E-state index in [1.807, 2.05) is 25.3 Å². The Balaban J connectivity index is 1.53. The highest BCUT2D eigenvalue weighted by Gasteiger charge is 2.27. The molecule has 176 valence electrons. The van der Waals surface area contributed by atoms with Crippen LogP contribution in [0.4, 0.5) is 16.3 Å². The van der Waals surface area contributed by atoms with Gasteiger partial charge in [0.05, 0.1) is 17.3 Å². The Morgan fingerprint density at radius 3 is 2.55 bits per heavy atom. The van der Waals surface area contributed by atoms with Gasteiger partial charge >= 0.3 is 6.09 Å². The van der Waals surface area contributed by atoms with Crippen LogP contribution < -0.4 is 5.32 Å². The average Bonchev–Trinajstić information content (AvgIpc) is 3.19. The Labute approximate surface area is 192 Å². The SMILES string of the molecule is Cc1cc(S(C)(=O)=O)ccc1Nc1ncnc2c1ncn2C1CCN(C(=O)OC(C)C)CC1. The molecule has 0 saturated carbocycles. The topological polar surface area (TPSA) is 119 Å². The van der Waals surface area contributed by atoms with Crippen LogP contribution in [0.2, 0.25) is 0 Å². The molecule has 0 unspecified atom stereocenters. The molecule has 1 aromatic carbocycles. The van der Waals surface area contributed by atoms with Gasteiger partial charge in [0.1, 0.15) is 6.33 Å². The van der Waals surface area contributed by atoms with Crippen molar-refractivity contribution < 1.29 is 17.9 Å². The Morgan fingerprint density at radius 2 is 1.91 bits per heavy atom. The van der Waals surface area contributed by atoms with Gasteiger partial charge in [-0.1, -0.05) is 0 Å². The maximum Gasteiger partial charge on any atom is 0.410 e. The first kappa shape index (κ1) is 23.0. The van der Waals surface area contributed by atoms with Gasteiger partial charge < -0.3 is 19.5 Å². The predicted octanol–water partition coefficient (Wildman–Crippen LogP) is 3.46. The lowest BCUT2D eigenvalue weighted by Gasteiger charge is -2.32. The zero-order chi connectivity index (χ0) is 23.8. The zero-order valence-corrected chi connectivity index (χ0v) is 20.0. The number of ether oxygens (including phenoxy) is 1. The summed E-state index contributed by atoms with van der Waals surface area (Å²) in [5.41, 5.74) is 2.87. The molecule has 1 saturated heterocycles.